The maximum absolute atomic E-state index is 12.7. The number of carbonyl (C=O) groups is 2. The smallest absolute Gasteiger partial charge is 0.235 e. The van der Waals surface area contributed by atoms with Gasteiger partial charge in [0.1, 0.15) is 16.9 Å². The van der Waals surface area contributed by atoms with Gasteiger partial charge in [0.2, 0.25) is 11.8 Å². The molecule has 186 valence electrons. The summed E-state index contributed by atoms with van der Waals surface area (Å²) in [4.78, 5) is 26.5. The van der Waals surface area contributed by atoms with E-state index in [1.54, 1.807) is 22.8 Å². The molecule has 0 spiro atoms. The number of aromatic nitrogens is 3. The number of carbonyl (C=O) groups excluding carboxylic acids is 2. The molecular formula is C25H25ClN6O2S2. The molecule has 2 amide bonds. The summed E-state index contributed by atoms with van der Waals surface area (Å²) in [5.74, 6) is 0.0779. The molecular weight excluding hydrogens is 516 g/mol. The summed E-state index contributed by atoms with van der Waals surface area (Å²) in [7, 11) is 0. The number of allylic oxidation sites excluding steroid dienone is 1. The molecule has 1 aliphatic rings. The first-order chi connectivity index (χ1) is 17.4. The molecule has 2 aromatic heterocycles. The van der Waals surface area contributed by atoms with Crippen LogP contribution in [-0.4, -0.2) is 32.3 Å². The molecule has 0 saturated heterocycles. The van der Waals surface area contributed by atoms with Crippen LogP contribution in [-0.2, 0) is 35.4 Å². The minimum Gasteiger partial charge on any atom is -0.326 e. The van der Waals surface area contributed by atoms with Crippen LogP contribution in [0.2, 0.25) is 5.02 Å². The third kappa shape index (κ3) is 5.98. The summed E-state index contributed by atoms with van der Waals surface area (Å²) >= 11 is 8.86. The maximum atomic E-state index is 12.7. The Morgan fingerprint density at radius 1 is 1.28 bits per heavy atom. The van der Waals surface area contributed by atoms with E-state index in [9.17, 15) is 14.9 Å². The number of aryl methyl sites for hydroxylation is 2. The van der Waals surface area contributed by atoms with E-state index in [2.05, 4.69) is 33.5 Å². The number of rotatable bonds is 9. The highest BCUT2D eigenvalue weighted by Gasteiger charge is 2.22. The lowest BCUT2D eigenvalue weighted by molar-refractivity contribution is -0.116. The van der Waals surface area contributed by atoms with Crippen molar-refractivity contribution in [2.24, 2.45) is 0 Å². The largest absolute Gasteiger partial charge is 0.326 e. The van der Waals surface area contributed by atoms with Crippen LogP contribution in [0.3, 0.4) is 0 Å². The predicted octanol–water partition coefficient (Wildman–Crippen LogP) is 5.15. The first-order valence-corrected chi connectivity index (χ1v) is 13.6. The van der Waals surface area contributed by atoms with Crippen molar-refractivity contribution in [2.75, 3.05) is 16.4 Å². The number of anilines is 2. The molecule has 3 aromatic rings. The van der Waals surface area contributed by atoms with Gasteiger partial charge in [-0.25, -0.2) is 0 Å². The Labute approximate surface area is 222 Å². The van der Waals surface area contributed by atoms with Crippen molar-refractivity contribution >= 4 is 57.2 Å². The van der Waals surface area contributed by atoms with Crippen LogP contribution in [0.1, 0.15) is 40.2 Å². The molecule has 2 N–H and O–H groups in total. The van der Waals surface area contributed by atoms with Crippen molar-refractivity contribution in [1.29, 1.82) is 5.26 Å². The standard InChI is InChI=1S/C25H25ClN6O2S2/c1-3-10-32-21(12-22(33)28-16-9-8-15(2)19(26)11-16)30-31-25(32)35-14-23(34)29-24-18(13-27)17-6-4-5-7-20(17)36-24/h3,8-9,11H,1,4-7,10,12,14H2,2H3,(H,28,33)(H,29,34). The van der Waals surface area contributed by atoms with E-state index >= 15 is 0 Å². The summed E-state index contributed by atoms with van der Waals surface area (Å²) in [5.41, 5.74) is 3.20. The van der Waals surface area contributed by atoms with Crippen molar-refractivity contribution in [2.45, 2.75) is 50.7 Å². The Kier molecular flexibility index (Phi) is 8.46. The fourth-order valence-corrected chi connectivity index (χ4v) is 6.16. The molecule has 1 aliphatic carbocycles. The lowest BCUT2D eigenvalue weighted by atomic mass is 9.96. The number of thiophene rings is 1. The zero-order valence-corrected chi connectivity index (χ0v) is 22.2. The van der Waals surface area contributed by atoms with Crippen LogP contribution in [0.15, 0.2) is 36.0 Å². The van der Waals surface area contributed by atoms with Gasteiger partial charge in [-0.3, -0.25) is 9.59 Å². The summed E-state index contributed by atoms with van der Waals surface area (Å²) < 4.78 is 1.76. The SMILES string of the molecule is C=CCn1c(CC(=O)Nc2ccc(C)c(Cl)c2)nnc1SCC(=O)Nc1sc2c(c1C#N)CCCC2. The molecule has 0 aliphatic heterocycles. The molecule has 0 saturated carbocycles. The highest BCUT2D eigenvalue weighted by molar-refractivity contribution is 7.99. The summed E-state index contributed by atoms with van der Waals surface area (Å²) in [6.07, 6.45) is 5.71. The van der Waals surface area contributed by atoms with Gasteiger partial charge < -0.3 is 15.2 Å². The average Bonchev–Trinajstić information content (AvgIpc) is 3.40. The number of benzene rings is 1. The van der Waals surface area contributed by atoms with Gasteiger partial charge in [0.25, 0.3) is 0 Å². The van der Waals surface area contributed by atoms with E-state index in [1.165, 1.54) is 28.0 Å². The van der Waals surface area contributed by atoms with Crippen LogP contribution < -0.4 is 10.6 Å². The normalized spacial score (nSPS) is 12.5. The van der Waals surface area contributed by atoms with Crippen LogP contribution in [0.5, 0.6) is 0 Å². The number of thioether (sulfide) groups is 1. The van der Waals surface area contributed by atoms with Gasteiger partial charge in [-0.2, -0.15) is 5.26 Å². The van der Waals surface area contributed by atoms with Crippen LogP contribution in [0.4, 0.5) is 10.7 Å². The molecule has 0 atom stereocenters. The molecule has 4 rings (SSSR count). The van der Waals surface area contributed by atoms with Crippen molar-refractivity contribution in [3.63, 3.8) is 0 Å². The second kappa shape index (κ2) is 11.7. The van der Waals surface area contributed by atoms with E-state index < -0.39 is 0 Å². The van der Waals surface area contributed by atoms with Crippen molar-refractivity contribution in [3.8, 4) is 6.07 Å². The number of hydrogen-bond donors (Lipinski definition) is 2. The molecule has 2 heterocycles. The number of nitriles is 1. The first-order valence-electron chi connectivity index (χ1n) is 11.5. The fraction of sp³-hybridized carbons (Fsp3) is 0.320. The third-order valence-electron chi connectivity index (χ3n) is 5.75. The summed E-state index contributed by atoms with van der Waals surface area (Å²) in [5, 5.41) is 25.4. The van der Waals surface area contributed by atoms with Gasteiger partial charge in [0.05, 0.1) is 17.7 Å². The number of hydrogen-bond acceptors (Lipinski definition) is 7. The second-order valence-electron chi connectivity index (χ2n) is 8.35. The molecule has 0 fully saturated rings. The van der Waals surface area contributed by atoms with Crippen LogP contribution >= 0.6 is 34.7 Å². The zero-order valence-electron chi connectivity index (χ0n) is 19.8. The third-order valence-corrected chi connectivity index (χ3v) is 8.33. The highest BCUT2D eigenvalue weighted by Crippen LogP contribution is 2.37. The zero-order chi connectivity index (χ0) is 25.7. The Morgan fingerprint density at radius 2 is 2.08 bits per heavy atom. The minimum atomic E-state index is -0.257. The van der Waals surface area contributed by atoms with Crippen LogP contribution in [0, 0.1) is 18.3 Å². The lowest BCUT2D eigenvalue weighted by Crippen LogP contribution is -2.18. The lowest BCUT2D eigenvalue weighted by Gasteiger charge is -2.09. The van der Waals surface area contributed by atoms with Gasteiger partial charge in [0.15, 0.2) is 5.16 Å². The monoisotopic (exact) mass is 540 g/mol. The summed E-state index contributed by atoms with van der Waals surface area (Å²) in [6, 6.07) is 7.58. The van der Waals surface area contributed by atoms with E-state index in [1.807, 2.05) is 13.0 Å². The van der Waals surface area contributed by atoms with Crippen LogP contribution in [0.25, 0.3) is 0 Å². The number of nitrogens with one attached hydrogen (secondary N) is 2. The molecule has 0 unspecified atom stereocenters. The Balaban J connectivity index is 1.39. The fourth-order valence-electron chi connectivity index (χ4n) is 3.95. The quantitative estimate of drug-likeness (QED) is 0.287. The molecule has 36 heavy (non-hydrogen) atoms. The van der Waals surface area contributed by atoms with Gasteiger partial charge in [-0.15, -0.1) is 28.1 Å². The topological polar surface area (TPSA) is 113 Å². The van der Waals surface area contributed by atoms with E-state index in [0.717, 1.165) is 36.8 Å². The van der Waals surface area contributed by atoms with Crippen molar-refractivity contribution in [1.82, 2.24) is 14.8 Å². The van der Waals surface area contributed by atoms with Gasteiger partial charge in [-0.1, -0.05) is 35.5 Å². The Bertz CT molecular complexity index is 1360. The van der Waals surface area contributed by atoms with E-state index in [0.29, 0.717) is 38.8 Å². The van der Waals surface area contributed by atoms with Gasteiger partial charge in [-0.05, 0) is 55.9 Å². The van der Waals surface area contributed by atoms with Gasteiger partial charge >= 0.3 is 0 Å². The molecule has 11 heteroatoms. The number of halogens is 1. The molecule has 0 bridgehead atoms. The average molecular weight is 541 g/mol. The first kappa shape index (κ1) is 25.9. The Morgan fingerprint density at radius 3 is 2.83 bits per heavy atom. The van der Waals surface area contributed by atoms with Crippen molar-refractivity contribution < 1.29 is 9.59 Å². The number of nitrogens with zero attached hydrogens (tertiary/aromatic N) is 4. The predicted molar refractivity (Wildman–Crippen MR) is 144 cm³/mol. The molecule has 0 radical (unpaired) electrons. The van der Waals surface area contributed by atoms with Crippen molar-refractivity contribution in [3.05, 3.63) is 63.3 Å². The Hall–Kier alpha value is -3.13. The number of fused-ring (bicyclic) bond motifs is 1. The molecule has 8 nitrogen and oxygen atoms in total. The van der Waals surface area contributed by atoms with E-state index in [4.69, 9.17) is 11.6 Å². The molecule has 1 aromatic carbocycles. The maximum Gasteiger partial charge on any atom is 0.235 e. The van der Waals surface area contributed by atoms with E-state index in [-0.39, 0.29) is 24.0 Å². The summed E-state index contributed by atoms with van der Waals surface area (Å²) in [6.45, 7) is 6.06. The second-order valence-corrected chi connectivity index (χ2v) is 10.8. The highest BCUT2D eigenvalue weighted by atomic mass is 35.5. The van der Waals surface area contributed by atoms with Gasteiger partial charge in [0, 0.05) is 22.1 Å². The number of amides is 2. The minimum absolute atomic E-state index is 0.00533.